The molecule has 6 rings (SSSR count). The number of aromatic amines is 2. The van der Waals surface area contributed by atoms with Gasteiger partial charge in [-0.25, -0.2) is 19.4 Å². The van der Waals surface area contributed by atoms with Crippen molar-refractivity contribution >= 4 is 60.9 Å². The summed E-state index contributed by atoms with van der Waals surface area (Å²) in [5.74, 6) is -2.27. The third-order valence-electron chi connectivity index (χ3n) is 8.45. The number of methoxy groups -OCH3 is 2. The van der Waals surface area contributed by atoms with E-state index in [1.165, 1.54) is 14.2 Å². The summed E-state index contributed by atoms with van der Waals surface area (Å²) in [6.07, 6.45) is -2.25. The number of fused-ring (bicyclic) bond motifs is 1. The van der Waals surface area contributed by atoms with Crippen LogP contribution >= 0.6 is 31.9 Å². The predicted molar refractivity (Wildman–Crippen MR) is 224 cm³/mol. The molecule has 0 saturated heterocycles. The first kappa shape index (κ1) is 45.9. The lowest BCUT2D eigenvalue weighted by molar-refractivity contribution is -0.149. The predicted octanol–water partition coefficient (Wildman–Crippen LogP) is 5.94. The van der Waals surface area contributed by atoms with Crippen molar-refractivity contribution in [1.82, 2.24) is 25.4 Å². The molecule has 0 fully saturated rings. The summed E-state index contributed by atoms with van der Waals surface area (Å²) in [5.41, 5.74) is 4.89. The molecular formula is C41H41Br2N5O11. The number of halogens is 2. The van der Waals surface area contributed by atoms with E-state index in [4.69, 9.17) is 29.5 Å². The normalized spacial score (nSPS) is 12.2. The van der Waals surface area contributed by atoms with Crippen LogP contribution in [0.15, 0.2) is 105 Å². The van der Waals surface area contributed by atoms with Crippen LogP contribution < -0.4 is 10.3 Å². The first-order valence-electron chi connectivity index (χ1n) is 17.8. The highest BCUT2D eigenvalue weighted by atomic mass is 79.9. The lowest BCUT2D eigenvalue weighted by atomic mass is 9.98. The highest BCUT2D eigenvalue weighted by Crippen LogP contribution is 2.33. The van der Waals surface area contributed by atoms with Crippen molar-refractivity contribution in [3.8, 4) is 28.3 Å². The maximum absolute atomic E-state index is 12.3. The molecule has 0 aliphatic heterocycles. The van der Waals surface area contributed by atoms with Crippen molar-refractivity contribution in [2.75, 3.05) is 20.8 Å². The number of nitrogens with zero attached hydrogens (tertiary/aromatic N) is 3. The number of aliphatic carboxylic acids is 3. The van der Waals surface area contributed by atoms with Gasteiger partial charge in [0.05, 0.1) is 12.2 Å². The van der Waals surface area contributed by atoms with Crippen LogP contribution in [0.3, 0.4) is 0 Å². The standard InChI is InChI=1S/C22H21N5O5.C10H11BrO3.C9H9BrO3/c1-3-32-16-11-14(13-6-4-5-12(9-13)10-17(31-2)22(29)30)7-8-15(16)19-23-20-18(21(28)24-19)25-27-26-20;1-14-9(10(12)13)6-7-3-2-4-8(11)5-7;10-7-3-1-2-6(4-7)5-8(11)9(12)13/h4-9,11,17H,3,10H2,1-2H3,(H,29,30)(H2,23,24,25,26,27,28);2-5,9H,6H2,1H3,(H,12,13);1-4,8,11H,5H2,(H,12,13)/t17-;9-;8-/m000/s1. The Labute approximate surface area is 354 Å². The van der Waals surface area contributed by atoms with Crippen molar-refractivity contribution in [2.24, 2.45) is 0 Å². The Bertz CT molecular complexity index is 2420. The molecule has 6 N–H and O–H groups in total. The number of rotatable bonds is 15. The Balaban J connectivity index is 0.000000234. The molecule has 2 aromatic heterocycles. The minimum absolute atomic E-state index is 0.134. The van der Waals surface area contributed by atoms with Gasteiger partial charge in [0, 0.05) is 42.4 Å². The largest absolute Gasteiger partial charge is 0.493 e. The topological polar surface area (TPSA) is 247 Å². The molecule has 4 aromatic carbocycles. The molecule has 0 bridgehead atoms. The Morgan fingerprint density at radius 3 is 1.78 bits per heavy atom. The lowest BCUT2D eigenvalue weighted by Gasteiger charge is -2.14. The number of H-pyrrole nitrogens is 2. The van der Waals surface area contributed by atoms with E-state index < -0.39 is 41.8 Å². The van der Waals surface area contributed by atoms with E-state index in [-0.39, 0.29) is 24.0 Å². The average molecular weight is 940 g/mol. The Hall–Kier alpha value is -5.79. The summed E-state index contributed by atoms with van der Waals surface area (Å²) >= 11 is 6.58. The maximum atomic E-state index is 12.3. The molecule has 0 aliphatic carbocycles. The van der Waals surface area contributed by atoms with Gasteiger partial charge in [0.15, 0.2) is 23.8 Å². The average Bonchev–Trinajstić information content (AvgIpc) is 3.69. The van der Waals surface area contributed by atoms with Gasteiger partial charge in [-0.15, -0.1) is 10.2 Å². The van der Waals surface area contributed by atoms with Crippen LogP contribution in [0.1, 0.15) is 23.6 Å². The fourth-order valence-corrected chi connectivity index (χ4v) is 6.44. The van der Waals surface area contributed by atoms with E-state index in [9.17, 15) is 24.3 Å². The minimum Gasteiger partial charge on any atom is -0.493 e. The van der Waals surface area contributed by atoms with E-state index >= 15 is 0 Å². The number of hydrogen-bond acceptors (Lipinski definition) is 11. The van der Waals surface area contributed by atoms with E-state index in [2.05, 4.69) is 57.2 Å². The number of aliphatic hydroxyl groups is 1. The summed E-state index contributed by atoms with van der Waals surface area (Å²) < 4.78 is 17.5. The monoisotopic (exact) mass is 937 g/mol. The van der Waals surface area contributed by atoms with Crippen LogP contribution in [-0.4, -0.2) is 103 Å². The van der Waals surface area contributed by atoms with E-state index in [1.807, 2.05) is 79.7 Å². The maximum Gasteiger partial charge on any atom is 0.333 e. The van der Waals surface area contributed by atoms with E-state index in [0.717, 1.165) is 36.8 Å². The molecule has 2 heterocycles. The number of nitrogens with one attached hydrogen (secondary N) is 2. The third kappa shape index (κ3) is 13.6. The highest BCUT2D eigenvalue weighted by molar-refractivity contribution is 9.10. The number of carboxylic acid groups (broad SMARTS) is 3. The first-order valence-corrected chi connectivity index (χ1v) is 19.4. The number of hydrogen-bond donors (Lipinski definition) is 6. The Morgan fingerprint density at radius 1 is 0.712 bits per heavy atom. The van der Waals surface area contributed by atoms with Gasteiger partial charge in [0.2, 0.25) is 5.65 Å². The number of benzene rings is 4. The number of carbonyl (C=O) groups is 3. The number of carboxylic acids is 3. The molecule has 0 aliphatic rings. The van der Waals surface area contributed by atoms with Gasteiger partial charge in [-0.05, 0) is 71.1 Å². The smallest absolute Gasteiger partial charge is 0.333 e. The van der Waals surface area contributed by atoms with Crippen LogP contribution in [0.4, 0.5) is 0 Å². The van der Waals surface area contributed by atoms with Crippen LogP contribution in [0.25, 0.3) is 33.7 Å². The second-order valence-electron chi connectivity index (χ2n) is 12.6. The van der Waals surface area contributed by atoms with Crippen molar-refractivity contribution < 1.29 is 49.0 Å². The Morgan fingerprint density at radius 2 is 1.25 bits per heavy atom. The van der Waals surface area contributed by atoms with Gasteiger partial charge in [0.25, 0.3) is 5.56 Å². The minimum atomic E-state index is -1.32. The van der Waals surface area contributed by atoms with Gasteiger partial charge >= 0.3 is 17.9 Å². The molecule has 59 heavy (non-hydrogen) atoms. The van der Waals surface area contributed by atoms with Crippen molar-refractivity contribution in [2.45, 2.75) is 44.5 Å². The SMILES string of the molecule is CCOc1cc(-c2cccc(C[C@H](OC)C(=O)O)c2)ccc1-c1nc2n[nH]nc2c(=O)[nH]1.CO[C@@H](Cc1cccc(Br)c1)C(=O)O.O=C(O)[C@@H](O)Cc1cccc(Br)c1. The van der Waals surface area contributed by atoms with E-state index in [0.29, 0.717) is 30.2 Å². The molecule has 0 amide bonds. The summed E-state index contributed by atoms with van der Waals surface area (Å²) in [6.45, 7) is 2.28. The van der Waals surface area contributed by atoms with Crippen LogP contribution in [0, 0.1) is 0 Å². The first-order chi connectivity index (χ1) is 28.2. The van der Waals surface area contributed by atoms with Gasteiger partial charge in [-0.2, -0.15) is 5.21 Å². The highest BCUT2D eigenvalue weighted by Gasteiger charge is 2.19. The lowest BCUT2D eigenvalue weighted by Crippen LogP contribution is -2.24. The molecule has 3 atom stereocenters. The van der Waals surface area contributed by atoms with Crippen molar-refractivity contribution in [1.29, 1.82) is 0 Å². The third-order valence-corrected chi connectivity index (χ3v) is 9.43. The zero-order chi connectivity index (χ0) is 43.1. The molecule has 6 aromatic rings. The van der Waals surface area contributed by atoms with Crippen molar-refractivity contribution in [3.63, 3.8) is 0 Å². The number of aliphatic hydroxyl groups excluding tert-OH is 1. The van der Waals surface area contributed by atoms with Gasteiger partial charge < -0.3 is 39.6 Å². The summed E-state index contributed by atoms with van der Waals surface area (Å²) in [6, 6.07) is 27.8. The zero-order valence-electron chi connectivity index (χ0n) is 32.0. The van der Waals surface area contributed by atoms with Crippen LogP contribution in [-0.2, 0) is 43.1 Å². The van der Waals surface area contributed by atoms with Crippen molar-refractivity contribution in [3.05, 3.63) is 127 Å². The molecule has 0 unspecified atom stereocenters. The fraction of sp³-hybridized carbons (Fsp3) is 0.244. The van der Waals surface area contributed by atoms with Gasteiger partial charge in [-0.3, -0.25) is 4.79 Å². The number of aromatic nitrogens is 5. The zero-order valence-corrected chi connectivity index (χ0v) is 35.1. The van der Waals surface area contributed by atoms with Crippen LogP contribution in [0.5, 0.6) is 5.75 Å². The number of ether oxygens (including phenoxy) is 3. The Kier molecular flexibility index (Phi) is 17.4. The second-order valence-corrected chi connectivity index (χ2v) is 14.4. The molecule has 0 radical (unpaired) electrons. The summed E-state index contributed by atoms with van der Waals surface area (Å²) in [4.78, 5) is 51.7. The van der Waals surface area contributed by atoms with E-state index in [1.54, 1.807) is 18.2 Å². The molecule has 16 nitrogen and oxygen atoms in total. The molecule has 0 spiro atoms. The summed E-state index contributed by atoms with van der Waals surface area (Å²) in [7, 11) is 2.78. The fourth-order valence-electron chi connectivity index (χ4n) is 5.54. The quantitative estimate of drug-likeness (QED) is 0.0698. The molecule has 310 valence electrons. The molecular weight excluding hydrogens is 898 g/mol. The van der Waals surface area contributed by atoms with Gasteiger partial charge in [-0.1, -0.05) is 86.5 Å². The molecule has 18 heteroatoms. The van der Waals surface area contributed by atoms with Gasteiger partial charge in [0.1, 0.15) is 11.6 Å². The molecule has 0 saturated carbocycles. The second kappa shape index (κ2) is 22.4. The summed E-state index contributed by atoms with van der Waals surface area (Å²) in [5, 5.41) is 45.6. The van der Waals surface area contributed by atoms with Crippen LogP contribution in [0.2, 0.25) is 0 Å².